The second kappa shape index (κ2) is 9.64. The monoisotopic (exact) mass is 479 g/mol. The van der Waals surface area contributed by atoms with Gasteiger partial charge in [0.15, 0.2) is 0 Å². The van der Waals surface area contributed by atoms with E-state index in [4.69, 9.17) is 4.74 Å². The molecule has 2 amide bonds. The highest BCUT2D eigenvalue weighted by Gasteiger charge is 2.29. The van der Waals surface area contributed by atoms with Crippen LogP contribution in [0.1, 0.15) is 61.5 Å². The number of aryl methyl sites for hydroxylation is 1. The summed E-state index contributed by atoms with van der Waals surface area (Å²) in [6.45, 7) is 4.23. The molecule has 3 aromatic rings. The topological polar surface area (TPSA) is 109 Å². The predicted molar refractivity (Wildman–Crippen MR) is 130 cm³/mol. The van der Waals surface area contributed by atoms with Gasteiger partial charge in [-0.1, -0.05) is 6.92 Å². The molecular formula is C26H30FN5O3. The van der Waals surface area contributed by atoms with Gasteiger partial charge in [-0.05, 0) is 63.1 Å². The molecule has 0 aliphatic heterocycles. The zero-order valence-electron chi connectivity index (χ0n) is 20.0. The number of carbonyl (C=O) groups is 2. The van der Waals surface area contributed by atoms with E-state index in [9.17, 15) is 14.0 Å². The molecule has 0 spiro atoms. The third-order valence-electron chi connectivity index (χ3n) is 6.82. The lowest BCUT2D eigenvalue weighted by Gasteiger charge is -2.14. The molecular weight excluding hydrogens is 449 g/mol. The minimum Gasteiger partial charge on any atom is -0.493 e. The van der Waals surface area contributed by atoms with Crippen LogP contribution in [0.15, 0.2) is 24.5 Å². The normalized spacial score (nSPS) is 19.6. The summed E-state index contributed by atoms with van der Waals surface area (Å²) in [6, 6.07) is 4.45. The van der Waals surface area contributed by atoms with Crippen molar-refractivity contribution in [2.75, 3.05) is 6.61 Å². The largest absolute Gasteiger partial charge is 0.493 e. The molecule has 8 nitrogen and oxygen atoms in total. The number of hydrogen-bond acceptors (Lipinski definition) is 5. The number of halogens is 1. The average molecular weight is 480 g/mol. The fourth-order valence-electron chi connectivity index (χ4n) is 4.74. The average Bonchev–Trinajstić information content (AvgIpc) is 3.47. The molecule has 2 aromatic heterocycles. The summed E-state index contributed by atoms with van der Waals surface area (Å²) in [5.41, 5.74) is 3.17. The van der Waals surface area contributed by atoms with Gasteiger partial charge in [-0.3, -0.25) is 9.59 Å². The Labute approximate surface area is 203 Å². The second-order valence-corrected chi connectivity index (χ2v) is 9.57. The Hall–Kier alpha value is -3.49. The van der Waals surface area contributed by atoms with Gasteiger partial charge in [0.25, 0.3) is 5.91 Å². The predicted octanol–water partition coefficient (Wildman–Crippen LogP) is 4.04. The number of fused-ring (bicyclic) bond motifs is 1. The first kappa shape index (κ1) is 23.3. The first-order valence-electron chi connectivity index (χ1n) is 12.3. The molecule has 9 heteroatoms. The van der Waals surface area contributed by atoms with E-state index in [1.807, 2.05) is 13.8 Å². The van der Waals surface area contributed by atoms with Crippen molar-refractivity contribution < 1.29 is 18.7 Å². The zero-order valence-corrected chi connectivity index (χ0v) is 20.0. The Morgan fingerprint density at radius 2 is 1.91 bits per heavy atom. The highest BCUT2D eigenvalue weighted by Crippen LogP contribution is 2.37. The summed E-state index contributed by atoms with van der Waals surface area (Å²) in [5.74, 6) is 0.513. The zero-order chi connectivity index (χ0) is 24.5. The van der Waals surface area contributed by atoms with Gasteiger partial charge in [0, 0.05) is 29.8 Å². The van der Waals surface area contributed by atoms with E-state index < -0.39 is 5.82 Å². The van der Waals surface area contributed by atoms with Crippen LogP contribution in [0.2, 0.25) is 0 Å². The highest BCUT2D eigenvalue weighted by atomic mass is 19.1. The van der Waals surface area contributed by atoms with Crippen molar-refractivity contribution in [3.05, 3.63) is 41.6 Å². The third kappa shape index (κ3) is 4.99. The van der Waals surface area contributed by atoms with Gasteiger partial charge in [0.05, 0.1) is 17.7 Å². The second-order valence-electron chi connectivity index (χ2n) is 9.57. The SMILES string of the molecule is CCC(=O)N[C@H]1CC[C@H](NC(=O)c2c(C)[nH]c3c(-c4cc(F)ccc4OCC4CC4)ncnc23)C1. The lowest BCUT2D eigenvalue weighted by atomic mass is 10.1. The van der Waals surface area contributed by atoms with E-state index in [-0.39, 0.29) is 23.9 Å². The van der Waals surface area contributed by atoms with Crippen molar-refractivity contribution >= 4 is 22.8 Å². The van der Waals surface area contributed by atoms with Crippen LogP contribution in [0.5, 0.6) is 5.75 Å². The van der Waals surface area contributed by atoms with Gasteiger partial charge >= 0.3 is 0 Å². The number of rotatable bonds is 8. The van der Waals surface area contributed by atoms with Crippen LogP contribution in [0.4, 0.5) is 4.39 Å². The molecule has 5 rings (SSSR count). The Morgan fingerprint density at radius 3 is 2.66 bits per heavy atom. The number of H-pyrrole nitrogens is 1. The van der Waals surface area contributed by atoms with Crippen molar-refractivity contribution in [1.29, 1.82) is 0 Å². The lowest BCUT2D eigenvalue weighted by Crippen LogP contribution is -2.37. The summed E-state index contributed by atoms with van der Waals surface area (Å²) in [6.07, 6.45) is 6.46. The van der Waals surface area contributed by atoms with Gasteiger partial charge in [0.2, 0.25) is 5.91 Å². The summed E-state index contributed by atoms with van der Waals surface area (Å²) in [7, 11) is 0. The highest BCUT2D eigenvalue weighted by molar-refractivity contribution is 6.09. The molecule has 2 aliphatic rings. The molecule has 2 aliphatic carbocycles. The van der Waals surface area contributed by atoms with Gasteiger partial charge in [0.1, 0.15) is 29.1 Å². The molecule has 0 bridgehead atoms. The fraction of sp³-hybridized carbons (Fsp3) is 0.462. The van der Waals surface area contributed by atoms with Crippen LogP contribution in [0.25, 0.3) is 22.3 Å². The van der Waals surface area contributed by atoms with Crippen molar-refractivity contribution in [2.24, 2.45) is 5.92 Å². The standard InChI is InChI=1S/C26H30FN5O3/c1-3-21(33)31-17-7-8-18(11-17)32-26(34)22-14(2)30-25-23(28-13-29-24(22)25)19-10-16(27)6-9-20(19)35-12-15-4-5-15/h6,9-10,13,15,17-18,30H,3-5,7-8,11-12H2,1-2H3,(H,31,33)(H,32,34)/t17-,18-/m0/s1. The van der Waals surface area contributed by atoms with E-state index in [0.29, 0.717) is 64.7 Å². The van der Waals surface area contributed by atoms with Gasteiger partial charge < -0.3 is 20.4 Å². The van der Waals surface area contributed by atoms with Crippen molar-refractivity contribution in [1.82, 2.24) is 25.6 Å². The van der Waals surface area contributed by atoms with Crippen molar-refractivity contribution in [3.8, 4) is 17.0 Å². The van der Waals surface area contributed by atoms with Gasteiger partial charge in [-0.25, -0.2) is 14.4 Å². The molecule has 0 unspecified atom stereocenters. The molecule has 0 saturated heterocycles. The van der Waals surface area contributed by atoms with Gasteiger partial charge in [-0.15, -0.1) is 0 Å². The number of nitrogens with zero attached hydrogens (tertiary/aromatic N) is 2. The van der Waals surface area contributed by atoms with E-state index in [1.165, 1.54) is 18.5 Å². The molecule has 2 atom stereocenters. The van der Waals surface area contributed by atoms with Crippen LogP contribution in [0.3, 0.4) is 0 Å². The van der Waals surface area contributed by atoms with Crippen LogP contribution in [-0.4, -0.2) is 45.5 Å². The summed E-state index contributed by atoms with van der Waals surface area (Å²) in [5, 5.41) is 6.10. The van der Waals surface area contributed by atoms with Gasteiger partial charge in [-0.2, -0.15) is 0 Å². The van der Waals surface area contributed by atoms with Crippen LogP contribution >= 0.6 is 0 Å². The molecule has 0 radical (unpaired) electrons. The van der Waals surface area contributed by atoms with Crippen LogP contribution in [-0.2, 0) is 4.79 Å². The van der Waals surface area contributed by atoms with Crippen LogP contribution in [0, 0.1) is 18.7 Å². The Bertz CT molecular complexity index is 1270. The van der Waals surface area contributed by atoms with Crippen molar-refractivity contribution in [3.63, 3.8) is 0 Å². The number of aromatic nitrogens is 3. The molecule has 1 aromatic carbocycles. The minimum absolute atomic E-state index is 0.0245. The summed E-state index contributed by atoms with van der Waals surface area (Å²) in [4.78, 5) is 37.0. The number of benzene rings is 1. The minimum atomic E-state index is -0.391. The number of amides is 2. The van der Waals surface area contributed by atoms with E-state index >= 15 is 0 Å². The quantitative estimate of drug-likeness (QED) is 0.452. The fourth-order valence-corrected chi connectivity index (χ4v) is 4.74. The van der Waals surface area contributed by atoms with E-state index in [1.54, 1.807) is 6.07 Å². The molecule has 184 valence electrons. The maximum atomic E-state index is 14.2. The first-order valence-corrected chi connectivity index (χ1v) is 12.3. The summed E-state index contributed by atoms with van der Waals surface area (Å²) >= 11 is 0. The smallest absolute Gasteiger partial charge is 0.255 e. The number of hydrogen-bond donors (Lipinski definition) is 3. The maximum absolute atomic E-state index is 14.2. The van der Waals surface area contributed by atoms with Crippen molar-refractivity contribution in [2.45, 2.75) is 64.5 Å². The third-order valence-corrected chi connectivity index (χ3v) is 6.82. The molecule has 2 saturated carbocycles. The Morgan fingerprint density at radius 1 is 1.14 bits per heavy atom. The molecule has 2 heterocycles. The maximum Gasteiger partial charge on any atom is 0.255 e. The first-order chi connectivity index (χ1) is 16.9. The van der Waals surface area contributed by atoms with E-state index in [2.05, 4.69) is 25.6 Å². The number of carbonyl (C=O) groups excluding carboxylic acids is 2. The number of nitrogens with one attached hydrogen (secondary N) is 3. The Balaban J connectivity index is 1.41. The van der Waals surface area contributed by atoms with E-state index in [0.717, 1.165) is 25.7 Å². The number of aromatic amines is 1. The molecule has 2 fully saturated rings. The molecule has 3 N–H and O–H groups in total. The molecule has 35 heavy (non-hydrogen) atoms. The van der Waals surface area contributed by atoms with Crippen LogP contribution < -0.4 is 15.4 Å². The number of ether oxygens (including phenoxy) is 1. The summed E-state index contributed by atoms with van der Waals surface area (Å²) < 4.78 is 20.2. The lowest BCUT2D eigenvalue weighted by molar-refractivity contribution is -0.121. The Kier molecular flexibility index (Phi) is 6.40.